The fourth-order valence-electron chi connectivity index (χ4n) is 3.10. The van der Waals surface area contributed by atoms with E-state index in [1.54, 1.807) is 24.7 Å². The number of hydrogen-bond donors (Lipinski definition) is 1. The van der Waals surface area contributed by atoms with Crippen LogP contribution in [-0.2, 0) is 0 Å². The molecule has 0 aliphatic carbocycles. The smallest absolute Gasteiger partial charge is 0.272 e. The summed E-state index contributed by atoms with van der Waals surface area (Å²) in [5, 5.41) is 4.82. The number of nitrogens with zero attached hydrogens (tertiary/aromatic N) is 3. The van der Waals surface area contributed by atoms with Gasteiger partial charge < -0.3 is 4.74 Å². The number of rotatable bonds is 6. The number of pyridine rings is 2. The van der Waals surface area contributed by atoms with E-state index in [1.807, 2.05) is 67.6 Å². The standard InChI is InChI=1S/C24H20N4O2/c1-2-30-19-9-5-8-18(13-19)23-14-21(20-10-3-4-11-22(20)27-23)24(29)28-26-16-17-7-6-12-25-15-17/h3-16H,2H2,1H3,(H,28,29)/b26-16+. The zero-order valence-electron chi connectivity index (χ0n) is 16.4. The molecule has 0 aliphatic rings. The van der Waals surface area contributed by atoms with Gasteiger partial charge in [0.2, 0.25) is 0 Å². The summed E-state index contributed by atoms with van der Waals surface area (Å²) in [5.41, 5.74) is 6.20. The van der Waals surface area contributed by atoms with Gasteiger partial charge >= 0.3 is 0 Å². The van der Waals surface area contributed by atoms with E-state index in [-0.39, 0.29) is 5.91 Å². The Balaban J connectivity index is 1.69. The van der Waals surface area contributed by atoms with Crippen LogP contribution in [0.4, 0.5) is 0 Å². The average Bonchev–Trinajstić information content (AvgIpc) is 2.79. The minimum absolute atomic E-state index is 0.309. The number of benzene rings is 2. The first-order valence-corrected chi connectivity index (χ1v) is 9.61. The van der Waals surface area contributed by atoms with E-state index < -0.39 is 0 Å². The quantitative estimate of drug-likeness (QED) is 0.386. The predicted molar refractivity (Wildman–Crippen MR) is 118 cm³/mol. The number of ether oxygens (including phenoxy) is 1. The van der Waals surface area contributed by atoms with E-state index in [4.69, 9.17) is 9.72 Å². The predicted octanol–water partition coefficient (Wildman–Crippen LogP) is 4.46. The molecule has 4 aromatic rings. The molecule has 0 bridgehead atoms. The van der Waals surface area contributed by atoms with Crippen LogP contribution in [0.2, 0.25) is 0 Å². The van der Waals surface area contributed by atoms with Gasteiger partial charge in [0, 0.05) is 28.9 Å². The SMILES string of the molecule is CCOc1cccc(-c2cc(C(=O)N/N=C/c3cccnc3)c3ccccc3n2)c1. The summed E-state index contributed by atoms with van der Waals surface area (Å²) in [7, 11) is 0. The third-order valence-electron chi connectivity index (χ3n) is 4.47. The summed E-state index contributed by atoms with van der Waals surface area (Å²) in [5.74, 6) is 0.452. The molecule has 1 N–H and O–H groups in total. The molecule has 0 atom stereocenters. The van der Waals surface area contributed by atoms with Gasteiger partial charge in [0.05, 0.1) is 29.6 Å². The zero-order chi connectivity index (χ0) is 20.8. The molecule has 2 heterocycles. The fraction of sp³-hybridized carbons (Fsp3) is 0.0833. The van der Waals surface area contributed by atoms with Crippen molar-refractivity contribution in [1.29, 1.82) is 0 Å². The molecule has 2 aromatic heterocycles. The van der Waals surface area contributed by atoms with Gasteiger partial charge in [0.25, 0.3) is 5.91 Å². The highest BCUT2D eigenvalue weighted by Crippen LogP contribution is 2.27. The minimum Gasteiger partial charge on any atom is -0.494 e. The van der Waals surface area contributed by atoms with E-state index in [0.717, 1.165) is 27.8 Å². The van der Waals surface area contributed by atoms with Crippen LogP contribution in [0.5, 0.6) is 5.75 Å². The van der Waals surface area contributed by atoms with Crippen LogP contribution in [0.15, 0.2) is 84.2 Å². The van der Waals surface area contributed by atoms with Gasteiger partial charge in [-0.25, -0.2) is 10.4 Å². The third-order valence-corrected chi connectivity index (χ3v) is 4.47. The van der Waals surface area contributed by atoms with Crippen molar-refractivity contribution in [3.63, 3.8) is 0 Å². The number of carbonyl (C=O) groups is 1. The van der Waals surface area contributed by atoms with Crippen molar-refractivity contribution in [1.82, 2.24) is 15.4 Å². The molecule has 0 fully saturated rings. The second kappa shape index (κ2) is 8.96. The Morgan fingerprint density at radius 2 is 2.00 bits per heavy atom. The van der Waals surface area contributed by atoms with E-state index in [0.29, 0.717) is 17.9 Å². The topological polar surface area (TPSA) is 76.5 Å². The number of nitrogens with one attached hydrogen (secondary N) is 1. The highest BCUT2D eigenvalue weighted by molar-refractivity contribution is 6.07. The molecule has 4 rings (SSSR count). The Hall–Kier alpha value is -4.06. The van der Waals surface area contributed by atoms with E-state index in [9.17, 15) is 4.79 Å². The van der Waals surface area contributed by atoms with Crippen molar-refractivity contribution in [2.75, 3.05) is 6.61 Å². The molecule has 148 valence electrons. The lowest BCUT2D eigenvalue weighted by Gasteiger charge is -2.10. The molecular formula is C24H20N4O2. The summed E-state index contributed by atoms with van der Waals surface area (Å²) in [6.07, 6.45) is 4.91. The van der Waals surface area contributed by atoms with Crippen LogP contribution >= 0.6 is 0 Å². The normalized spacial score (nSPS) is 11.0. The lowest BCUT2D eigenvalue weighted by molar-refractivity contribution is 0.0956. The van der Waals surface area contributed by atoms with Crippen molar-refractivity contribution in [3.05, 3.63) is 90.3 Å². The second-order valence-corrected chi connectivity index (χ2v) is 6.52. The third kappa shape index (κ3) is 4.33. The molecular weight excluding hydrogens is 376 g/mol. The van der Waals surface area contributed by atoms with Gasteiger partial charge in [-0.3, -0.25) is 9.78 Å². The Labute approximate surface area is 174 Å². The molecule has 1 amide bonds. The number of amides is 1. The molecule has 0 radical (unpaired) electrons. The number of fused-ring (bicyclic) bond motifs is 1. The Morgan fingerprint density at radius 1 is 1.10 bits per heavy atom. The Morgan fingerprint density at radius 3 is 2.83 bits per heavy atom. The highest BCUT2D eigenvalue weighted by atomic mass is 16.5. The maximum atomic E-state index is 12.9. The number of carbonyl (C=O) groups excluding carboxylic acids is 1. The molecule has 0 aliphatic heterocycles. The van der Waals surface area contributed by atoms with Crippen molar-refractivity contribution in [2.45, 2.75) is 6.92 Å². The molecule has 0 spiro atoms. The van der Waals surface area contributed by atoms with Gasteiger partial charge in [-0.15, -0.1) is 0 Å². The number of hydrogen-bond acceptors (Lipinski definition) is 5. The summed E-state index contributed by atoms with van der Waals surface area (Å²) >= 11 is 0. The fourth-order valence-corrected chi connectivity index (χ4v) is 3.10. The summed E-state index contributed by atoms with van der Waals surface area (Å²) in [6.45, 7) is 2.52. The molecule has 0 unspecified atom stereocenters. The van der Waals surface area contributed by atoms with E-state index >= 15 is 0 Å². The van der Waals surface area contributed by atoms with Crippen LogP contribution in [0.1, 0.15) is 22.8 Å². The van der Waals surface area contributed by atoms with Crippen LogP contribution in [0.25, 0.3) is 22.2 Å². The molecule has 6 heteroatoms. The lowest BCUT2D eigenvalue weighted by atomic mass is 10.0. The van der Waals surface area contributed by atoms with Crippen LogP contribution in [0.3, 0.4) is 0 Å². The van der Waals surface area contributed by atoms with Gasteiger partial charge in [0.1, 0.15) is 5.75 Å². The Kier molecular flexibility index (Phi) is 5.75. The molecule has 30 heavy (non-hydrogen) atoms. The number of para-hydroxylation sites is 1. The van der Waals surface area contributed by atoms with E-state index in [2.05, 4.69) is 15.5 Å². The maximum Gasteiger partial charge on any atom is 0.272 e. The Bertz CT molecular complexity index is 1210. The molecule has 6 nitrogen and oxygen atoms in total. The first-order valence-electron chi connectivity index (χ1n) is 9.61. The van der Waals surface area contributed by atoms with Crippen molar-refractivity contribution < 1.29 is 9.53 Å². The first kappa shape index (κ1) is 19.3. The molecule has 0 saturated heterocycles. The van der Waals surface area contributed by atoms with Crippen LogP contribution < -0.4 is 10.2 Å². The molecule has 0 saturated carbocycles. The first-order chi connectivity index (χ1) is 14.7. The number of hydrazone groups is 1. The number of aromatic nitrogens is 2. The zero-order valence-corrected chi connectivity index (χ0v) is 16.4. The average molecular weight is 396 g/mol. The monoisotopic (exact) mass is 396 g/mol. The summed E-state index contributed by atoms with van der Waals surface area (Å²) in [6, 6.07) is 20.7. The van der Waals surface area contributed by atoms with Gasteiger partial charge in [-0.05, 0) is 37.3 Å². The van der Waals surface area contributed by atoms with Gasteiger partial charge in [-0.1, -0.05) is 36.4 Å². The van der Waals surface area contributed by atoms with Crippen LogP contribution in [0, 0.1) is 0 Å². The second-order valence-electron chi connectivity index (χ2n) is 6.52. The highest BCUT2D eigenvalue weighted by Gasteiger charge is 2.14. The maximum absolute atomic E-state index is 12.9. The van der Waals surface area contributed by atoms with Crippen LogP contribution in [-0.4, -0.2) is 28.7 Å². The van der Waals surface area contributed by atoms with Gasteiger partial charge in [-0.2, -0.15) is 5.10 Å². The largest absolute Gasteiger partial charge is 0.494 e. The van der Waals surface area contributed by atoms with Crippen molar-refractivity contribution in [2.24, 2.45) is 5.10 Å². The lowest BCUT2D eigenvalue weighted by Crippen LogP contribution is -2.18. The van der Waals surface area contributed by atoms with Crippen molar-refractivity contribution >= 4 is 23.0 Å². The summed E-state index contributed by atoms with van der Waals surface area (Å²) in [4.78, 5) is 21.7. The minimum atomic E-state index is -0.309. The summed E-state index contributed by atoms with van der Waals surface area (Å²) < 4.78 is 5.60. The van der Waals surface area contributed by atoms with E-state index in [1.165, 1.54) is 0 Å². The van der Waals surface area contributed by atoms with Crippen molar-refractivity contribution in [3.8, 4) is 17.0 Å². The van der Waals surface area contributed by atoms with Gasteiger partial charge in [0.15, 0.2) is 0 Å². The molecule has 2 aromatic carbocycles.